The Bertz CT molecular complexity index is 945. The second-order valence-electron chi connectivity index (χ2n) is 5.12. The van der Waals surface area contributed by atoms with Crippen LogP contribution in [0.2, 0.25) is 0 Å². The molecule has 5 nitrogen and oxygen atoms in total. The van der Waals surface area contributed by atoms with Crippen molar-refractivity contribution >= 4 is 51.6 Å². The first-order chi connectivity index (χ1) is 12.1. The number of fused-ring (bicyclic) bond motifs is 1. The van der Waals surface area contributed by atoms with Gasteiger partial charge in [-0.25, -0.2) is 9.37 Å². The largest absolute Gasteiger partial charge is 0.436 e. The number of halogens is 2. The quantitative estimate of drug-likeness (QED) is 0.530. The van der Waals surface area contributed by atoms with Crippen molar-refractivity contribution in [2.45, 2.75) is 6.42 Å². The van der Waals surface area contributed by atoms with Crippen LogP contribution in [-0.2, 0) is 4.79 Å². The number of oxazole rings is 1. The summed E-state index contributed by atoms with van der Waals surface area (Å²) in [7, 11) is 0. The van der Waals surface area contributed by atoms with Crippen molar-refractivity contribution in [1.29, 1.82) is 0 Å². The Kier molecular flexibility index (Phi) is 5.25. The lowest BCUT2D eigenvalue weighted by Crippen LogP contribution is -2.34. The van der Waals surface area contributed by atoms with Gasteiger partial charge in [0.1, 0.15) is 11.3 Å². The Labute approximate surface area is 153 Å². The molecule has 0 bridgehead atoms. The maximum atomic E-state index is 13.9. The van der Waals surface area contributed by atoms with E-state index in [1.807, 2.05) is 0 Å². The van der Waals surface area contributed by atoms with Crippen LogP contribution in [0.15, 0.2) is 46.9 Å². The van der Waals surface area contributed by atoms with Crippen molar-refractivity contribution in [2.24, 2.45) is 0 Å². The average Bonchev–Trinajstić information content (AvgIpc) is 2.98. The van der Waals surface area contributed by atoms with Crippen LogP contribution in [0.1, 0.15) is 6.42 Å². The molecule has 1 heterocycles. The predicted octanol–water partition coefficient (Wildman–Crippen LogP) is 4.08. The lowest BCUT2D eigenvalue weighted by Gasteiger charge is -2.08. The Morgan fingerprint density at radius 1 is 1.28 bits per heavy atom. The SMILES string of the molecule is O=C(CCCl)NC(=S)Nc1ccc2oc(-c3ccccc3F)nc2c1. The van der Waals surface area contributed by atoms with E-state index in [1.54, 1.807) is 36.4 Å². The number of aromatic nitrogens is 1. The number of thiocarbonyl (C=S) groups is 1. The maximum absolute atomic E-state index is 13.9. The van der Waals surface area contributed by atoms with Crippen molar-refractivity contribution in [3.63, 3.8) is 0 Å². The van der Waals surface area contributed by atoms with Crippen molar-refractivity contribution in [3.05, 3.63) is 48.3 Å². The third kappa shape index (κ3) is 4.12. The van der Waals surface area contributed by atoms with Gasteiger partial charge < -0.3 is 15.1 Å². The van der Waals surface area contributed by atoms with E-state index < -0.39 is 5.82 Å². The highest BCUT2D eigenvalue weighted by Gasteiger charge is 2.13. The van der Waals surface area contributed by atoms with E-state index in [9.17, 15) is 9.18 Å². The molecule has 0 saturated heterocycles. The van der Waals surface area contributed by atoms with Gasteiger partial charge in [-0.15, -0.1) is 11.6 Å². The first-order valence-electron chi connectivity index (χ1n) is 7.39. The molecule has 0 radical (unpaired) electrons. The number of alkyl halides is 1. The topological polar surface area (TPSA) is 67.2 Å². The zero-order chi connectivity index (χ0) is 17.8. The molecule has 0 aliphatic rings. The van der Waals surface area contributed by atoms with E-state index in [1.165, 1.54) is 6.07 Å². The second-order valence-corrected chi connectivity index (χ2v) is 5.91. The molecule has 0 fully saturated rings. The lowest BCUT2D eigenvalue weighted by molar-refractivity contribution is -0.119. The summed E-state index contributed by atoms with van der Waals surface area (Å²) in [4.78, 5) is 15.8. The number of hydrogen-bond acceptors (Lipinski definition) is 4. The number of rotatable bonds is 4. The first-order valence-corrected chi connectivity index (χ1v) is 8.33. The molecule has 3 aromatic rings. The van der Waals surface area contributed by atoms with Gasteiger partial charge in [0.25, 0.3) is 0 Å². The monoisotopic (exact) mass is 377 g/mol. The summed E-state index contributed by atoms with van der Waals surface area (Å²) in [5.41, 5.74) is 1.97. The van der Waals surface area contributed by atoms with Gasteiger partial charge in [0, 0.05) is 18.0 Å². The van der Waals surface area contributed by atoms with E-state index in [2.05, 4.69) is 15.6 Å². The minimum absolute atomic E-state index is 0.160. The van der Waals surface area contributed by atoms with Crippen LogP contribution in [-0.4, -0.2) is 21.9 Å². The van der Waals surface area contributed by atoms with Gasteiger partial charge in [-0.2, -0.15) is 0 Å². The van der Waals surface area contributed by atoms with Crippen molar-refractivity contribution in [3.8, 4) is 11.5 Å². The first kappa shape index (κ1) is 17.3. The minimum Gasteiger partial charge on any atom is -0.436 e. The molecule has 1 amide bonds. The van der Waals surface area contributed by atoms with Crippen LogP contribution in [0.3, 0.4) is 0 Å². The average molecular weight is 378 g/mol. The smallest absolute Gasteiger partial charge is 0.230 e. The number of amides is 1. The normalized spacial score (nSPS) is 10.6. The van der Waals surface area contributed by atoms with Gasteiger partial charge >= 0.3 is 0 Å². The lowest BCUT2D eigenvalue weighted by atomic mass is 10.2. The number of benzene rings is 2. The number of nitrogens with one attached hydrogen (secondary N) is 2. The molecule has 0 aliphatic heterocycles. The van der Waals surface area contributed by atoms with Crippen molar-refractivity contribution < 1.29 is 13.6 Å². The summed E-state index contributed by atoms with van der Waals surface area (Å²) in [6.07, 6.45) is 0.178. The molecule has 2 N–H and O–H groups in total. The summed E-state index contributed by atoms with van der Waals surface area (Å²) in [5, 5.41) is 5.56. The standard InChI is InChI=1S/C17H13ClFN3O2S/c18-8-7-15(23)22-17(25)20-10-5-6-14-13(9-10)21-16(24-14)11-3-1-2-4-12(11)19/h1-6,9H,7-8H2,(H2,20,22,23,25). The molecule has 0 saturated carbocycles. The van der Waals surface area contributed by atoms with Gasteiger partial charge in [-0.1, -0.05) is 12.1 Å². The van der Waals surface area contributed by atoms with Crippen LogP contribution >= 0.6 is 23.8 Å². The van der Waals surface area contributed by atoms with Crippen LogP contribution in [0.4, 0.5) is 10.1 Å². The molecule has 0 atom stereocenters. The zero-order valence-electron chi connectivity index (χ0n) is 12.9. The Morgan fingerprint density at radius 3 is 2.84 bits per heavy atom. The molecule has 0 unspecified atom stereocenters. The summed E-state index contributed by atoms with van der Waals surface area (Å²) >= 11 is 10.6. The molecule has 0 spiro atoms. The molecule has 3 rings (SSSR count). The highest BCUT2D eigenvalue weighted by Crippen LogP contribution is 2.27. The fraction of sp³-hybridized carbons (Fsp3) is 0.118. The van der Waals surface area contributed by atoms with Crippen molar-refractivity contribution in [2.75, 3.05) is 11.2 Å². The Balaban J connectivity index is 1.80. The molecular formula is C17H13ClFN3O2S. The van der Waals surface area contributed by atoms with Gasteiger partial charge in [0.05, 0.1) is 5.56 Å². The second kappa shape index (κ2) is 7.58. The van der Waals surface area contributed by atoms with Gasteiger partial charge in [-0.05, 0) is 42.5 Å². The van der Waals surface area contributed by atoms with Crippen LogP contribution in [0, 0.1) is 5.82 Å². The summed E-state index contributed by atoms with van der Waals surface area (Å²) in [6, 6.07) is 11.4. The zero-order valence-corrected chi connectivity index (χ0v) is 14.5. The van der Waals surface area contributed by atoms with E-state index in [-0.39, 0.29) is 34.8 Å². The Hall–Kier alpha value is -2.51. The number of nitrogens with zero attached hydrogens (tertiary/aromatic N) is 1. The highest BCUT2D eigenvalue weighted by atomic mass is 35.5. The van der Waals surface area contributed by atoms with Crippen molar-refractivity contribution in [1.82, 2.24) is 10.3 Å². The fourth-order valence-electron chi connectivity index (χ4n) is 2.19. The third-order valence-corrected chi connectivity index (χ3v) is 3.72. The summed E-state index contributed by atoms with van der Waals surface area (Å²) in [5.74, 6) is -0.256. The molecule has 25 heavy (non-hydrogen) atoms. The van der Waals surface area contributed by atoms with Gasteiger partial charge in [0.15, 0.2) is 10.7 Å². The van der Waals surface area contributed by atoms with E-state index in [0.717, 1.165) is 0 Å². The summed E-state index contributed by atoms with van der Waals surface area (Å²) in [6.45, 7) is 0. The van der Waals surface area contributed by atoms with E-state index >= 15 is 0 Å². The predicted molar refractivity (Wildman–Crippen MR) is 99.1 cm³/mol. The van der Waals surface area contributed by atoms with E-state index in [0.29, 0.717) is 16.8 Å². The summed E-state index contributed by atoms with van der Waals surface area (Å²) < 4.78 is 19.5. The fourth-order valence-corrected chi connectivity index (χ4v) is 2.60. The molecule has 2 aromatic carbocycles. The number of hydrogen-bond donors (Lipinski definition) is 2. The minimum atomic E-state index is -0.407. The van der Waals surface area contributed by atoms with Crippen LogP contribution in [0.25, 0.3) is 22.6 Å². The molecular weight excluding hydrogens is 365 g/mol. The number of carbonyl (C=O) groups is 1. The van der Waals surface area contributed by atoms with E-state index in [4.69, 9.17) is 28.2 Å². The number of anilines is 1. The molecule has 0 aliphatic carbocycles. The Morgan fingerprint density at radius 2 is 2.08 bits per heavy atom. The van der Waals surface area contributed by atoms with Crippen LogP contribution in [0.5, 0.6) is 0 Å². The van der Waals surface area contributed by atoms with Gasteiger partial charge in [0.2, 0.25) is 11.8 Å². The third-order valence-electron chi connectivity index (χ3n) is 3.32. The van der Waals surface area contributed by atoms with Gasteiger partial charge in [-0.3, -0.25) is 4.79 Å². The highest BCUT2D eigenvalue weighted by molar-refractivity contribution is 7.80. The maximum Gasteiger partial charge on any atom is 0.230 e. The van der Waals surface area contributed by atoms with Crippen LogP contribution < -0.4 is 10.6 Å². The molecule has 1 aromatic heterocycles. The number of carbonyl (C=O) groups excluding carboxylic acids is 1. The molecule has 128 valence electrons. The molecule has 8 heteroatoms.